The Morgan fingerprint density at radius 1 is 1.00 bits per heavy atom. The van der Waals surface area contributed by atoms with Gasteiger partial charge in [-0.3, -0.25) is 0 Å². The van der Waals surface area contributed by atoms with E-state index in [1.54, 1.807) is 0 Å². The van der Waals surface area contributed by atoms with E-state index in [-0.39, 0.29) is 0 Å². The Labute approximate surface area is 112 Å². The molecular weight excluding hydrogens is 244 g/mol. The summed E-state index contributed by atoms with van der Waals surface area (Å²) in [6.07, 6.45) is 0.907. The topological polar surface area (TPSA) is 12.0 Å². The Balaban J connectivity index is 1.82. The van der Waals surface area contributed by atoms with E-state index in [0.717, 1.165) is 19.0 Å². The van der Waals surface area contributed by atoms with Gasteiger partial charge in [0.2, 0.25) is 0 Å². The van der Waals surface area contributed by atoms with E-state index in [9.17, 15) is 8.78 Å². The van der Waals surface area contributed by atoms with E-state index in [1.165, 1.54) is 23.3 Å². The molecule has 0 saturated heterocycles. The minimum absolute atomic E-state index is 0.473. The maximum Gasteiger partial charge on any atom is 0.126 e. The van der Waals surface area contributed by atoms with Crippen molar-refractivity contribution in [2.75, 3.05) is 6.54 Å². The molecule has 100 valence electrons. The molecule has 0 fully saturated rings. The Hall–Kier alpha value is -1.74. The van der Waals surface area contributed by atoms with Gasteiger partial charge in [0.05, 0.1) is 0 Å². The van der Waals surface area contributed by atoms with Crippen LogP contribution in [0.1, 0.15) is 16.7 Å². The van der Waals surface area contributed by atoms with Gasteiger partial charge in [0.25, 0.3) is 0 Å². The molecule has 2 aromatic rings. The van der Waals surface area contributed by atoms with Crippen LogP contribution in [0.4, 0.5) is 8.78 Å². The number of benzene rings is 2. The van der Waals surface area contributed by atoms with Crippen LogP contribution in [-0.2, 0) is 13.0 Å². The van der Waals surface area contributed by atoms with E-state index in [2.05, 4.69) is 24.4 Å². The summed E-state index contributed by atoms with van der Waals surface area (Å²) < 4.78 is 26.0. The predicted molar refractivity (Wildman–Crippen MR) is 72.9 cm³/mol. The highest BCUT2D eigenvalue weighted by Crippen LogP contribution is 2.09. The molecule has 0 amide bonds. The van der Waals surface area contributed by atoms with E-state index in [1.807, 2.05) is 12.1 Å². The third-order valence-electron chi connectivity index (χ3n) is 3.08. The van der Waals surface area contributed by atoms with Crippen LogP contribution in [0.2, 0.25) is 0 Å². The molecule has 3 heteroatoms. The van der Waals surface area contributed by atoms with Gasteiger partial charge in [-0.25, -0.2) is 8.78 Å². The fourth-order valence-corrected chi connectivity index (χ4v) is 2.06. The van der Waals surface area contributed by atoms with Crippen LogP contribution in [-0.4, -0.2) is 6.54 Å². The molecule has 0 aliphatic heterocycles. The van der Waals surface area contributed by atoms with Crippen molar-refractivity contribution >= 4 is 0 Å². The second-order valence-electron chi connectivity index (χ2n) is 4.63. The number of aryl methyl sites for hydroxylation is 1. The summed E-state index contributed by atoms with van der Waals surface area (Å²) in [5.74, 6) is -1.06. The smallest absolute Gasteiger partial charge is 0.126 e. The molecule has 0 aliphatic carbocycles. The summed E-state index contributed by atoms with van der Waals surface area (Å²) in [5.41, 5.74) is 3.18. The van der Waals surface area contributed by atoms with Crippen LogP contribution < -0.4 is 5.32 Å². The van der Waals surface area contributed by atoms with Gasteiger partial charge < -0.3 is 5.32 Å². The highest BCUT2D eigenvalue weighted by Gasteiger charge is 2.01. The number of hydrogen-bond acceptors (Lipinski definition) is 1. The molecule has 0 heterocycles. The van der Waals surface area contributed by atoms with Gasteiger partial charge in [0.1, 0.15) is 11.6 Å². The Morgan fingerprint density at radius 2 is 1.68 bits per heavy atom. The van der Waals surface area contributed by atoms with Gasteiger partial charge in [-0.05, 0) is 48.7 Å². The zero-order chi connectivity index (χ0) is 13.7. The fraction of sp³-hybridized carbons (Fsp3) is 0.250. The molecule has 0 atom stereocenters. The summed E-state index contributed by atoms with van der Waals surface area (Å²) in [6.45, 7) is 3.33. The maximum atomic E-state index is 13.0. The zero-order valence-corrected chi connectivity index (χ0v) is 10.9. The third kappa shape index (κ3) is 4.14. The number of rotatable bonds is 5. The summed E-state index contributed by atoms with van der Waals surface area (Å²) >= 11 is 0. The van der Waals surface area contributed by atoms with Crippen LogP contribution in [0.3, 0.4) is 0 Å². The molecule has 1 N–H and O–H groups in total. The van der Waals surface area contributed by atoms with E-state index < -0.39 is 11.6 Å². The van der Waals surface area contributed by atoms with Crippen LogP contribution in [0.5, 0.6) is 0 Å². The van der Waals surface area contributed by atoms with Crippen molar-refractivity contribution in [2.24, 2.45) is 0 Å². The molecule has 0 spiro atoms. The first-order valence-electron chi connectivity index (χ1n) is 6.35. The molecule has 19 heavy (non-hydrogen) atoms. The zero-order valence-electron chi connectivity index (χ0n) is 10.9. The lowest BCUT2D eigenvalue weighted by atomic mass is 10.1. The molecule has 0 saturated carbocycles. The standard InChI is InChI=1S/C16H17F2N/c1-12-4-2-3-5-14(12)6-7-19-11-13-8-15(17)10-16(18)9-13/h2-5,8-10,19H,6-7,11H2,1H3. The average Bonchev–Trinajstić information content (AvgIpc) is 2.35. The molecule has 0 aliphatic rings. The van der Waals surface area contributed by atoms with Gasteiger partial charge in [-0.2, -0.15) is 0 Å². The van der Waals surface area contributed by atoms with E-state index >= 15 is 0 Å². The Morgan fingerprint density at radius 3 is 2.37 bits per heavy atom. The molecule has 1 nitrogen and oxygen atoms in total. The predicted octanol–water partition coefficient (Wildman–Crippen LogP) is 3.61. The van der Waals surface area contributed by atoms with Gasteiger partial charge in [-0.1, -0.05) is 24.3 Å². The van der Waals surface area contributed by atoms with Crippen molar-refractivity contribution in [3.63, 3.8) is 0 Å². The molecule has 0 unspecified atom stereocenters. The van der Waals surface area contributed by atoms with Gasteiger partial charge in [0, 0.05) is 12.6 Å². The van der Waals surface area contributed by atoms with Crippen molar-refractivity contribution in [3.05, 3.63) is 70.8 Å². The SMILES string of the molecule is Cc1ccccc1CCNCc1cc(F)cc(F)c1. The number of hydrogen-bond donors (Lipinski definition) is 1. The van der Waals surface area contributed by atoms with Crippen molar-refractivity contribution in [1.29, 1.82) is 0 Å². The number of nitrogens with one attached hydrogen (secondary N) is 1. The maximum absolute atomic E-state index is 13.0. The van der Waals surface area contributed by atoms with Crippen LogP contribution in [0.15, 0.2) is 42.5 Å². The first-order valence-corrected chi connectivity index (χ1v) is 6.35. The molecule has 2 rings (SSSR count). The largest absolute Gasteiger partial charge is 0.312 e. The second-order valence-corrected chi connectivity index (χ2v) is 4.63. The second kappa shape index (κ2) is 6.43. The van der Waals surface area contributed by atoms with Crippen LogP contribution in [0, 0.1) is 18.6 Å². The first kappa shape index (κ1) is 13.7. The van der Waals surface area contributed by atoms with Gasteiger partial charge >= 0.3 is 0 Å². The lowest BCUT2D eigenvalue weighted by Crippen LogP contribution is -2.17. The Kier molecular flexibility index (Phi) is 4.63. The van der Waals surface area contributed by atoms with E-state index in [0.29, 0.717) is 12.1 Å². The minimum Gasteiger partial charge on any atom is -0.312 e. The highest BCUT2D eigenvalue weighted by molar-refractivity contribution is 5.25. The fourth-order valence-electron chi connectivity index (χ4n) is 2.06. The summed E-state index contributed by atoms with van der Waals surface area (Å²) in [7, 11) is 0. The lowest BCUT2D eigenvalue weighted by molar-refractivity contribution is 0.575. The van der Waals surface area contributed by atoms with Crippen LogP contribution >= 0.6 is 0 Å². The number of halogens is 2. The Bertz CT molecular complexity index is 532. The molecular formula is C16H17F2N. The minimum atomic E-state index is -0.532. The summed E-state index contributed by atoms with van der Waals surface area (Å²) in [6, 6.07) is 11.8. The van der Waals surface area contributed by atoms with Crippen molar-refractivity contribution in [2.45, 2.75) is 19.9 Å². The molecule has 0 radical (unpaired) electrons. The van der Waals surface area contributed by atoms with Crippen molar-refractivity contribution < 1.29 is 8.78 Å². The molecule has 0 aromatic heterocycles. The van der Waals surface area contributed by atoms with Crippen molar-refractivity contribution in [1.82, 2.24) is 5.32 Å². The monoisotopic (exact) mass is 261 g/mol. The van der Waals surface area contributed by atoms with Crippen LogP contribution in [0.25, 0.3) is 0 Å². The first-order chi connectivity index (χ1) is 9.15. The average molecular weight is 261 g/mol. The van der Waals surface area contributed by atoms with Gasteiger partial charge in [0.15, 0.2) is 0 Å². The highest BCUT2D eigenvalue weighted by atomic mass is 19.1. The summed E-state index contributed by atoms with van der Waals surface area (Å²) in [4.78, 5) is 0. The quantitative estimate of drug-likeness (QED) is 0.811. The molecule has 0 bridgehead atoms. The third-order valence-corrected chi connectivity index (χ3v) is 3.08. The van der Waals surface area contributed by atoms with Gasteiger partial charge in [-0.15, -0.1) is 0 Å². The summed E-state index contributed by atoms with van der Waals surface area (Å²) in [5, 5.41) is 3.20. The lowest BCUT2D eigenvalue weighted by Gasteiger charge is -2.07. The van der Waals surface area contributed by atoms with E-state index in [4.69, 9.17) is 0 Å². The van der Waals surface area contributed by atoms with Crippen molar-refractivity contribution in [3.8, 4) is 0 Å². The molecule has 2 aromatic carbocycles. The normalized spacial score (nSPS) is 10.7.